The van der Waals surface area contributed by atoms with E-state index >= 15 is 0 Å². The van der Waals surface area contributed by atoms with Crippen LogP contribution in [0, 0.1) is 0 Å². The molecule has 0 aliphatic carbocycles. The second-order valence-electron chi connectivity index (χ2n) is 9.07. The van der Waals surface area contributed by atoms with Gasteiger partial charge in [-0.1, -0.05) is 31.9 Å². The van der Waals surface area contributed by atoms with Crippen molar-refractivity contribution >= 4 is 33.9 Å². The maximum atomic E-state index is 13.3. The Balaban J connectivity index is 1.58. The topological polar surface area (TPSA) is 89.0 Å². The number of unbranched alkanes of at least 4 members (excludes halogenated alkanes) is 2. The van der Waals surface area contributed by atoms with Crippen LogP contribution in [0.4, 0.5) is 5.13 Å². The van der Waals surface area contributed by atoms with E-state index in [1.807, 2.05) is 37.3 Å². The number of hydrogen-bond donors (Lipinski definition) is 1. The number of hydrogen-bond acceptors (Lipinski definition) is 7. The van der Waals surface area contributed by atoms with Crippen molar-refractivity contribution in [2.75, 3.05) is 11.5 Å². The molecule has 8 heteroatoms. The quantitative estimate of drug-likeness (QED) is 0.184. The standard InChI is InChI=1S/C28H28N2O5S/c1-3-4-5-12-34-21-8-6-7-18(16-21)24-23(26(32)27(33)30(24)28-29-11-13-36-28)25(31)19-9-10-22-20(15-19)14-17(2)35-22/h6-11,13,15-17,24,31H,3-5,12,14H2,1-2H3/b25-23+/t17-,24+/m0/s1. The van der Waals surface area contributed by atoms with Crippen LogP contribution < -0.4 is 14.4 Å². The largest absolute Gasteiger partial charge is 0.507 e. The minimum absolute atomic E-state index is 0.0326. The molecule has 36 heavy (non-hydrogen) atoms. The Morgan fingerprint density at radius 2 is 2.08 bits per heavy atom. The summed E-state index contributed by atoms with van der Waals surface area (Å²) >= 11 is 1.26. The zero-order chi connectivity index (χ0) is 25.2. The Morgan fingerprint density at radius 1 is 1.22 bits per heavy atom. The number of ketones is 1. The van der Waals surface area contributed by atoms with Gasteiger partial charge in [-0.2, -0.15) is 0 Å². The summed E-state index contributed by atoms with van der Waals surface area (Å²) in [5.41, 5.74) is 2.13. The molecule has 1 fully saturated rings. The Kier molecular flexibility index (Phi) is 6.78. The van der Waals surface area contributed by atoms with Crippen molar-refractivity contribution in [1.82, 2.24) is 4.98 Å². The summed E-state index contributed by atoms with van der Waals surface area (Å²) < 4.78 is 11.7. The average molecular weight is 505 g/mol. The number of thiazole rings is 1. The summed E-state index contributed by atoms with van der Waals surface area (Å²) in [4.78, 5) is 32.2. The van der Waals surface area contributed by atoms with Gasteiger partial charge in [0, 0.05) is 23.6 Å². The third-order valence-electron chi connectivity index (χ3n) is 6.43. The van der Waals surface area contributed by atoms with Crippen LogP contribution in [-0.2, 0) is 16.0 Å². The van der Waals surface area contributed by atoms with Crippen LogP contribution in [0.5, 0.6) is 11.5 Å². The number of nitrogens with zero attached hydrogens (tertiary/aromatic N) is 2. The molecule has 5 rings (SSSR count). The smallest absolute Gasteiger partial charge is 0.301 e. The van der Waals surface area contributed by atoms with Crippen LogP contribution in [0.15, 0.2) is 59.6 Å². The molecular formula is C28H28N2O5S. The molecule has 1 amide bonds. The number of anilines is 1. The molecule has 7 nitrogen and oxygen atoms in total. The summed E-state index contributed by atoms with van der Waals surface area (Å²) in [6.07, 6.45) is 5.47. The SMILES string of the molecule is CCCCCOc1cccc([C@@H]2/C(=C(\O)c3ccc4c(c3)C[C@H](C)O4)C(=O)C(=O)N2c2nccs2)c1. The summed E-state index contributed by atoms with van der Waals surface area (Å²) in [5, 5.41) is 13.6. The number of fused-ring (bicyclic) bond motifs is 1. The molecule has 1 saturated heterocycles. The third kappa shape index (κ3) is 4.48. The normalized spacial score (nSPS) is 20.4. The fourth-order valence-corrected chi connectivity index (χ4v) is 5.39. The maximum Gasteiger partial charge on any atom is 0.301 e. The van der Waals surface area contributed by atoms with Crippen LogP contribution in [0.1, 0.15) is 55.8 Å². The highest BCUT2D eigenvalue weighted by atomic mass is 32.1. The molecule has 2 aromatic carbocycles. The van der Waals surface area contributed by atoms with Crippen LogP contribution in [0.3, 0.4) is 0 Å². The fourth-order valence-electron chi connectivity index (χ4n) is 4.72. The fraction of sp³-hybridized carbons (Fsp3) is 0.321. The number of Topliss-reactive ketones (excluding diaryl/α,β-unsaturated/α-hetero) is 1. The van der Waals surface area contributed by atoms with Gasteiger partial charge in [0.05, 0.1) is 18.2 Å². The van der Waals surface area contributed by atoms with Gasteiger partial charge in [0.1, 0.15) is 23.4 Å². The summed E-state index contributed by atoms with van der Waals surface area (Å²) in [6, 6.07) is 11.9. The number of ether oxygens (including phenoxy) is 2. The Labute approximate surface area is 214 Å². The van der Waals surface area contributed by atoms with Crippen molar-refractivity contribution in [3.05, 3.63) is 76.3 Å². The molecule has 186 valence electrons. The van der Waals surface area contributed by atoms with Gasteiger partial charge >= 0.3 is 5.91 Å². The first-order valence-corrected chi connectivity index (χ1v) is 13.1. The van der Waals surface area contributed by atoms with Crippen molar-refractivity contribution < 1.29 is 24.2 Å². The van der Waals surface area contributed by atoms with E-state index in [1.165, 1.54) is 16.2 Å². The molecule has 2 aliphatic heterocycles. The molecule has 0 spiro atoms. The molecule has 1 N–H and O–H groups in total. The van der Waals surface area contributed by atoms with Gasteiger partial charge < -0.3 is 14.6 Å². The first-order chi connectivity index (χ1) is 17.5. The van der Waals surface area contributed by atoms with Gasteiger partial charge in [0.2, 0.25) is 0 Å². The van der Waals surface area contributed by atoms with E-state index < -0.39 is 17.7 Å². The number of benzene rings is 2. The second kappa shape index (κ2) is 10.1. The lowest BCUT2D eigenvalue weighted by Gasteiger charge is -2.23. The maximum absolute atomic E-state index is 13.3. The summed E-state index contributed by atoms with van der Waals surface area (Å²) in [5.74, 6) is -0.256. The van der Waals surface area contributed by atoms with Crippen molar-refractivity contribution in [2.45, 2.75) is 51.7 Å². The Hall–Kier alpha value is -3.65. The lowest BCUT2D eigenvalue weighted by molar-refractivity contribution is -0.132. The Bertz CT molecular complexity index is 1320. The molecule has 1 aromatic heterocycles. The molecule has 0 bridgehead atoms. The molecule has 3 heterocycles. The molecular weight excluding hydrogens is 476 g/mol. The van der Waals surface area contributed by atoms with E-state index in [0.717, 1.165) is 30.6 Å². The van der Waals surface area contributed by atoms with E-state index in [-0.39, 0.29) is 17.4 Å². The molecule has 2 aliphatic rings. The Morgan fingerprint density at radius 3 is 2.86 bits per heavy atom. The van der Waals surface area contributed by atoms with Crippen LogP contribution in [-0.4, -0.2) is 34.5 Å². The lowest BCUT2D eigenvalue weighted by Crippen LogP contribution is -2.29. The zero-order valence-electron chi connectivity index (χ0n) is 20.3. The van der Waals surface area contributed by atoms with Crippen molar-refractivity contribution in [2.24, 2.45) is 0 Å². The molecule has 0 saturated carbocycles. The number of aromatic nitrogens is 1. The van der Waals surface area contributed by atoms with E-state index in [0.29, 0.717) is 35.0 Å². The van der Waals surface area contributed by atoms with Crippen molar-refractivity contribution in [1.29, 1.82) is 0 Å². The zero-order valence-corrected chi connectivity index (χ0v) is 21.1. The molecule has 3 aromatic rings. The third-order valence-corrected chi connectivity index (χ3v) is 7.20. The first-order valence-electron chi connectivity index (χ1n) is 12.2. The van der Waals surface area contributed by atoms with Gasteiger partial charge in [-0.25, -0.2) is 4.98 Å². The van der Waals surface area contributed by atoms with E-state index in [4.69, 9.17) is 9.47 Å². The molecule has 0 unspecified atom stereocenters. The predicted octanol–water partition coefficient (Wildman–Crippen LogP) is 5.66. The number of aliphatic hydroxyl groups excluding tert-OH is 1. The summed E-state index contributed by atoms with van der Waals surface area (Å²) in [7, 11) is 0. The second-order valence-corrected chi connectivity index (χ2v) is 9.94. The lowest BCUT2D eigenvalue weighted by atomic mass is 9.94. The number of aliphatic hydroxyl groups is 1. The van der Waals surface area contributed by atoms with Gasteiger partial charge in [0.25, 0.3) is 5.78 Å². The first kappa shape index (κ1) is 24.1. The van der Waals surface area contributed by atoms with Crippen LogP contribution in [0.25, 0.3) is 5.76 Å². The molecule has 0 radical (unpaired) electrons. The summed E-state index contributed by atoms with van der Waals surface area (Å²) in [6.45, 7) is 4.70. The number of amides is 1. The van der Waals surface area contributed by atoms with Crippen molar-refractivity contribution in [3.63, 3.8) is 0 Å². The van der Waals surface area contributed by atoms with Gasteiger partial charge in [-0.15, -0.1) is 11.3 Å². The number of carbonyl (C=O) groups excluding carboxylic acids is 2. The van der Waals surface area contributed by atoms with Gasteiger partial charge in [0.15, 0.2) is 5.13 Å². The monoisotopic (exact) mass is 504 g/mol. The van der Waals surface area contributed by atoms with Gasteiger partial charge in [-0.05, 0) is 54.8 Å². The van der Waals surface area contributed by atoms with E-state index in [9.17, 15) is 14.7 Å². The number of rotatable bonds is 8. The minimum Gasteiger partial charge on any atom is -0.507 e. The van der Waals surface area contributed by atoms with Crippen LogP contribution >= 0.6 is 11.3 Å². The highest BCUT2D eigenvalue weighted by Gasteiger charge is 2.48. The van der Waals surface area contributed by atoms with Crippen molar-refractivity contribution in [3.8, 4) is 11.5 Å². The van der Waals surface area contributed by atoms with Crippen LogP contribution in [0.2, 0.25) is 0 Å². The van der Waals surface area contributed by atoms with Gasteiger partial charge in [-0.3, -0.25) is 14.5 Å². The van der Waals surface area contributed by atoms with E-state index in [2.05, 4.69) is 11.9 Å². The predicted molar refractivity (Wildman–Crippen MR) is 139 cm³/mol. The molecule has 2 atom stereocenters. The minimum atomic E-state index is -0.834. The van der Waals surface area contributed by atoms with E-state index in [1.54, 1.807) is 23.7 Å². The average Bonchev–Trinajstić information content (AvgIpc) is 3.59. The number of carbonyl (C=O) groups is 2. The highest BCUT2D eigenvalue weighted by molar-refractivity contribution is 7.14. The highest BCUT2D eigenvalue weighted by Crippen LogP contribution is 2.44.